The fourth-order valence-electron chi connectivity index (χ4n) is 3.30. The van der Waals surface area contributed by atoms with Crippen molar-refractivity contribution in [1.82, 2.24) is 4.90 Å². The van der Waals surface area contributed by atoms with Crippen molar-refractivity contribution in [3.63, 3.8) is 0 Å². The first-order valence-electron chi connectivity index (χ1n) is 10.1. The molecule has 0 amide bonds. The van der Waals surface area contributed by atoms with Crippen molar-refractivity contribution >= 4 is 29.7 Å². The number of rotatable bonds is 9. The molecular formula is C26H25ClFNO2. The van der Waals surface area contributed by atoms with Gasteiger partial charge in [0.05, 0.1) is 6.42 Å². The largest absolute Gasteiger partial charge is 0.481 e. The molecule has 0 radical (unpaired) electrons. The first-order chi connectivity index (χ1) is 14.9. The Kier molecular flexibility index (Phi) is 7.99. The number of benzene rings is 3. The molecule has 0 bridgehead atoms. The maximum absolute atomic E-state index is 14.6. The van der Waals surface area contributed by atoms with E-state index in [-0.39, 0.29) is 18.8 Å². The Bertz CT molecular complexity index is 1050. The van der Waals surface area contributed by atoms with E-state index in [9.17, 15) is 9.18 Å². The molecule has 1 N–H and O–H groups in total. The van der Waals surface area contributed by atoms with Gasteiger partial charge in [-0.15, -0.1) is 0 Å². The average molecular weight is 438 g/mol. The molecule has 3 nitrogen and oxygen atoms in total. The number of hydrogen-bond donors (Lipinski definition) is 1. The van der Waals surface area contributed by atoms with E-state index in [4.69, 9.17) is 16.7 Å². The molecule has 31 heavy (non-hydrogen) atoms. The summed E-state index contributed by atoms with van der Waals surface area (Å²) in [6, 6.07) is 21.4. The number of aliphatic carboxylic acids is 1. The SMILES string of the molecule is Cc1ccc(Cl)c(CN(CCC(=O)O)Cc2ccc(C=Cc3ccccc3)cc2)c1F. The number of carbonyl (C=O) groups is 1. The minimum absolute atomic E-state index is 0.0249. The Balaban J connectivity index is 1.73. The lowest BCUT2D eigenvalue weighted by molar-refractivity contribution is -0.137. The molecule has 0 fully saturated rings. The van der Waals surface area contributed by atoms with Gasteiger partial charge in [0.2, 0.25) is 0 Å². The fraction of sp³-hybridized carbons (Fsp3) is 0.192. The van der Waals surface area contributed by atoms with Crippen LogP contribution in [0.25, 0.3) is 12.2 Å². The van der Waals surface area contributed by atoms with Crippen molar-refractivity contribution in [2.45, 2.75) is 26.4 Å². The van der Waals surface area contributed by atoms with E-state index in [1.807, 2.05) is 65.6 Å². The Morgan fingerprint density at radius 1 is 0.968 bits per heavy atom. The molecule has 0 aliphatic carbocycles. The zero-order valence-electron chi connectivity index (χ0n) is 17.4. The molecule has 0 spiro atoms. The van der Waals surface area contributed by atoms with E-state index < -0.39 is 5.97 Å². The van der Waals surface area contributed by atoms with Gasteiger partial charge < -0.3 is 5.11 Å². The third-order valence-electron chi connectivity index (χ3n) is 5.06. The summed E-state index contributed by atoms with van der Waals surface area (Å²) in [5.74, 6) is -1.23. The predicted octanol–water partition coefficient (Wildman–Crippen LogP) is 6.43. The van der Waals surface area contributed by atoms with E-state index in [2.05, 4.69) is 6.08 Å². The van der Waals surface area contributed by atoms with Gasteiger partial charge in [0.15, 0.2) is 0 Å². The van der Waals surface area contributed by atoms with E-state index in [1.165, 1.54) is 0 Å². The third kappa shape index (κ3) is 6.78. The van der Waals surface area contributed by atoms with Crippen molar-refractivity contribution < 1.29 is 14.3 Å². The maximum atomic E-state index is 14.6. The molecule has 0 atom stereocenters. The van der Waals surface area contributed by atoms with Gasteiger partial charge in [0.25, 0.3) is 0 Å². The zero-order valence-corrected chi connectivity index (χ0v) is 18.1. The van der Waals surface area contributed by atoms with Crippen molar-refractivity contribution in [2.75, 3.05) is 6.54 Å². The van der Waals surface area contributed by atoms with Gasteiger partial charge in [-0.25, -0.2) is 4.39 Å². The fourth-order valence-corrected chi connectivity index (χ4v) is 3.51. The number of carboxylic acid groups (broad SMARTS) is 1. The standard InChI is InChI=1S/C26H25ClFNO2/c1-19-7-14-24(27)23(26(19)28)18-29(16-15-25(30)31)17-22-12-10-21(11-13-22)9-8-20-5-3-2-4-6-20/h2-14H,15-18H2,1H3,(H,30,31). The Morgan fingerprint density at radius 3 is 2.26 bits per heavy atom. The summed E-state index contributed by atoms with van der Waals surface area (Å²) in [6.45, 7) is 2.74. The summed E-state index contributed by atoms with van der Waals surface area (Å²) >= 11 is 6.23. The molecule has 0 aliphatic heterocycles. The second kappa shape index (κ2) is 10.9. The van der Waals surface area contributed by atoms with Crippen LogP contribution in [0, 0.1) is 12.7 Å². The lowest BCUT2D eigenvalue weighted by Gasteiger charge is -2.23. The van der Waals surface area contributed by atoms with Crippen molar-refractivity contribution in [3.05, 3.63) is 105 Å². The van der Waals surface area contributed by atoms with Crippen LogP contribution in [0.1, 0.15) is 34.2 Å². The van der Waals surface area contributed by atoms with E-state index in [1.54, 1.807) is 19.1 Å². The average Bonchev–Trinajstić information content (AvgIpc) is 2.77. The predicted molar refractivity (Wildman–Crippen MR) is 124 cm³/mol. The number of carboxylic acids is 1. The molecule has 0 aromatic heterocycles. The molecular weight excluding hydrogens is 413 g/mol. The molecule has 3 aromatic carbocycles. The highest BCUT2D eigenvalue weighted by molar-refractivity contribution is 6.31. The van der Waals surface area contributed by atoms with Crippen LogP contribution in [-0.2, 0) is 17.9 Å². The molecule has 0 heterocycles. The monoisotopic (exact) mass is 437 g/mol. The van der Waals surface area contributed by atoms with Gasteiger partial charge in [-0.1, -0.05) is 84.4 Å². The first kappa shape index (κ1) is 22.7. The van der Waals surface area contributed by atoms with Gasteiger partial charge in [-0.3, -0.25) is 9.69 Å². The first-order valence-corrected chi connectivity index (χ1v) is 10.5. The highest BCUT2D eigenvalue weighted by Crippen LogP contribution is 2.24. The minimum Gasteiger partial charge on any atom is -0.481 e. The molecule has 0 saturated carbocycles. The Hall–Kier alpha value is -2.95. The van der Waals surface area contributed by atoms with Crippen LogP contribution in [0.15, 0.2) is 66.7 Å². The van der Waals surface area contributed by atoms with Crippen LogP contribution in [-0.4, -0.2) is 22.5 Å². The van der Waals surface area contributed by atoms with Gasteiger partial charge in [0.1, 0.15) is 5.82 Å². The maximum Gasteiger partial charge on any atom is 0.304 e. The van der Waals surface area contributed by atoms with Crippen molar-refractivity contribution in [2.24, 2.45) is 0 Å². The van der Waals surface area contributed by atoms with Gasteiger partial charge in [-0.05, 0) is 35.2 Å². The summed E-state index contributed by atoms with van der Waals surface area (Å²) < 4.78 is 14.6. The molecule has 5 heteroatoms. The van der Waals surface area contributed by atoms with Crippen LogP contribution in [0.4, 0.5) is 4.39 Å². The van der Waals surface area contributed by atoms with Gasteiger partial charge in [-0.2, -0.15) is 0 Å². The summed E-state index contributed by atoms with van der Waals surface area (Å²) in [4.78, 5) is 13.0. The van der Waals surface area contributed by atoms with Crippen LogP contribution in [0.3, 0.4) is 0 Å². The second-order valence-electron chi connectivity index (χ2n) is 7.50. The van der Waals surface area contributed by atoms with Crippen LogP contribution < -0.4 is 0 Å². The Morgan fingerprint density at radius 2 is 1.61 bits per heavy atom. The van der Waals surface area contributed by atoms with Crippen LogP contribution in [0.2, 0.25) is 5.02 Å². The molecule has 3 rings (SSSR count). The van der Waals surface area contributed by atoms with Crippen LogP contribution in [0.5, 0.6) is 0 Å². The number of halogens is 2. The number of hydrogen-bond acceptors (Lipinski definition) is 2. The number of aryl methyl sites for hydroxylation is 1. The van der Waals surface area contributed by atoms with E-state index in [0.717, 1.165) is 16.7 Å². The van der Waals surface area contributed by atoms with E-state index in [0.29, 0.717) is 29.2 Å². The summed E-state index contributed by atoms with van der Waals surface area (Å²) in [5.41, 5.74) is 4.13. The van der Waals surface area contributed by atoms with Gasteiger partial charge in [0, 0.05) is 30.2 Å². The summed E-state index contributed by atoms with van der Waals surface area (Å²) in [7, 11) is 0. The molecule has 0 aliphatic rings. The highest BCUT2D eigenvalue weighted by atomic mass is 35.5. The van der Waals surface area contributed by atoms with Crippen molar-refractivity contribution in [1.29, 1.82) is 0 Å². The highest BCUT2D eigenvalue weighted by Gasteiger charge is 2.16. The molecule has 160 valence electrons. The third-order valence-corrected chi connectivity index (χ3v) is 5.41. The molecule has 0 saturated heterocycles. The smallest absolute Gasteiger partial charge is 0.304 e. The second-order valence-corrected chi connectivity index (χ2v) is 7.90. The zero-order chi connectivity index (χ0) is 22.2. The topological polar surface area (TPSA) is 40.5 Å². The summed E-state index contributed by atoms with van der Waals surface area (Å²) in [6.07, 6.45) is 4.07. The summed E-state index contributed by atoms with van der Waals surface area (Å²) in [5, 5.41) is 9.45. The molecule has 3 aromatic rings. The minimum atomic E-state index is -0.887. The lowest BCUT2D eigenvalue weighted by atomic mass is 10.1. The van der Waals surface area contributed by atoms with E-state index >= 15 is 0 Å². The van der Waals surface area contributed by atoms with Crippen molar-refractivity contribution in [3.8, 4) is 0 Å². The quantitative estimate of drug-likeness (QED) is 0.392. The van der Waals surface area contributed by atoms with Gasteiger partial charge >= 0.3 is 5.97 Å². The molecule has 0 unspecified atom stereocenters. The number of nitrogens with zero attached hydrogens (tertiary/aromatic N) is 1. The lowest BCUT2D eigenvalue weighted by Crippen LogP contribution is -2.26. The Labute approximate surface area is 187 Å². The normalized spacial score (nSPS) is 11.4. The van der Waals surface area contributed by atoms with Crippen LogP contribution >= 0.6 is 11.6 Å².